The Kier molecular flexibility index (Phi) is 4.03. The molecule has 5 nitrogen and oxygen atoms in total. The molecule has 0 aliphatic carbocycles. The van der Waals surface area contributed by atoms with Crippen LogP contribution in [0, 0.1) is 11.3 Å². The molecule has 3 aromatic rings. The van der Waals surface area contributed by atoms with E-state index >= 15 is 0 Å². The number of benzene rings is 2. The molecule has 0 N–H and O–H groups in total. The summed E-state index contributed by atoms with van der Waals surface area (Å²) in [6.07, 6.45) is 0. The Balaban J connectivity index is 1.70. The van der Waals surface area contributed by atoms with Crippen LogP contribution in [0.15, 0.2) is 52.9 Å². The second-order valence-electron chi connectivity index (χ2n) is 4.41. The molecule has 3 rings (SSSR count). The van der Waals surface area contributed by atoms with Crippen molar-refractivity contribution in [2.45, 2.75) is 6.61 Å². The van der Waals surface area contributed by atoms with Crippen molar-refractivity contribution in [1.82, 2.24) is 10.2 Å². The lowest BCUT2D eigenvalue weighted by molar-refractivity contribution is 0.264. The molecule has 0 unspecified atom stereocenters. The highest BCUT2D eigenvalue weighted by Crippen LogP contribution is 2.26. The smallest absolute Gasteiger partial charge is 0.254 e. The fourth-order valence-corrected chi connectivity index (χ4v) is 2.07. The first-order chi connectivity index (χ1) is 10.8. The van der Waals surface area contributed by atoms with Gasteiger partial charge in [-0.15, -0.1) is 10.2 Å². The van der Waals surface area contributed by atoms with Crippen LogP contribution in [0.5, 0.6) is 5.75 Å². The third-order valence-electron chi connectivity index (χ3n) is 2.90. The number of rotatable bonds is 4. The Morgan fingerprint density at radius 3 is 2.68 bits per heavy atom. The summed E-state index contributed by atoms with van der Waals surface area (Å²) in [4.78, 5) is 0. The third kappa shape index (κ3) is 3.08. The summed E-state index contributed by atoms with van der Waals surface area (Å²) in [6, 6.07) is 16.3. The van der Waals surface area contributed by atoms with E-state index in [1.807, 2.05) is 36.4 Å². The van der Waals surface area contributed by atoms with Crippen LogP contribution in [0.2, 0.25) is 5.02 Å². The Morgan fingerprint density at radius 2 is 1.95 bits per heavy atom. The van der Waals surface area contributed by atoms with Crippen LogP contribution in [-0.2, 0) is 6.61 Å². The van der Waals surface area contributed by atoms with E-state index in [-0.39, 0.29) is 6.61 Å². The first-order valence-corrected chi connectivity index (χ1v) is 6.84. The monoisotopic (exact) mass is 311 g/mol. The normalized spacial score (nSPS) is 10.2. The van der Waals surface area contributed by atoms with Gasteiger partial charge in [-0.05, 0) is 30.3 Å². The van der Waals surface area contributed by atoms with Gasteiger partial charge < -0.3 is 9.15 Å². The van der Waals surface area contributed by atoms with Crippen molar-refractivity contribution in [3.05, 3.63) is 65.0 Å². The maximum absolute atomic E-state index is 8.79. The molecule has 108 valence electrons. The van der Waals surface area contributed by atoms with E-state index in [2.05, 4.69) is 10.2 Å². The first kappa shape index (κ1) is 14.1. The molecule has 0 aliphatic heterocycles. The van der Waals surface area contributed by atoms with Gasteiger partial charge in [0.25, 0.3) is 5.89 Å². The lowest BCUT2D eigenvalue weighted by Gasteiger charge is -2.05. The van der Waals surface area contributed by atoms with Crippen LogP contribution in [0.4, 0.5) is 0 Å². The SMILES string of the molecule is N#Cc1ccc(OCc2nnc(-c3ccccc3)o2)c(Cl)c1. The molecule has 0 fully saturated rings. The molecule has 6 heteroatoms. The van der Waals surface area contributed by atoms with Crippen molar-refractivity contribution in [2.24, 2.45) is 0 Å². The van der Waals surface area contributed by atoms with Gasteiger partial charge in [-0.25, -0.2) is 0 Å². The fraction of sp³-hybridized carbons (Fsp3) is 0.0625. The van der Waals surface area contributed by atoms with E-state index in [4.69, 9.17) is 26.0 Å². The summed E-state index contributed by atoms with van der Waals surface area (Å²) in [5, 5.41) is 17.1. The fourth-order valence-electron chi connectivity index (χ4n) is 1.84. The second-order valence-corrected chi connectivity index (χ2v) is 4.82. The first-order valence-electron chi connectivity index (χ1n) is 6.46. The van der Waals surface area contributed by atoms with Crippen LogP contribution in [0.1, 0.15) is 11.5 Å². The molecule has 0 bridgehead atoms. The van der Waals surface area contributed by atoms with Gasteiger partial charge in [0.2, 0.25) is 5.89 Å². The van der Waals surface area contributed by atoms with Crippen molar-refractivity contribution in [3.63, 3.8) is 0 Å². The van der Waals surface area contributed by atoms with Gasteiger partial charge in [0, 0.05) is 5.56 Å². The lowest BCUT2D eigenvalue weighted by Crippen LogP contribution is -1.96. The van der Waals surface area contributed by atoms with Gasteiger partial charge in [0.05, 0.1) is 16.7 Å². The van der Waals surface area contributed by atoms with E-state index in [0.29, 0.717) is 28.1 Å². The molecule has 1 aromatic heterocycles. The highest BCUT2D eigenvalue weighted by atomic mass is 35.5. The van der Waals surface area contributed by atoms with Crippen LogP contribution in [0.3, 0.4) is 0 Å². The molecule has 0 saturated carbocycles. The molecule has 1 heterocycles. The number of ether oxygens (including phenoxy) is 1. The molecule has 0 saturated heterocycles. The average molecular weight is 312 g/mol. The Morgan fingerprint density at radius 1 is 1.14 bits per heavy atom. The summed E-state index contributed by atoms with van der Waals surface area (Å²) < 4.78 is 11.1. The average Bonchev–Trinajstić information content (AvgIpc) is 3.03. The Hall–Kier alpha value is -2.84. The van der Waals surface area contributed by atoms with Gasteiger partial charge in [-0.1, -0.05) is 29.8 Å². The molecule has 2 aromatic carbocycles. The number of aromatic nitrogens is 2. The predicted octanol–water partition coefficient (Wildman–Crippen LogP) is 3.84. The number of halogens is 1. The topological polar surface area (TPSA) is 71.9 Å². The lowest BCUT2D eigenvalue weighted by atomic mass is 10.2. The van der Waals surface area contributed by atoms with E-state index in [9.17, 15) is 0 Å². The highest BCUT2D eigenvalue weighted by molar-refractivity contribution is 6.32. The molecular formula is C16H10ClN3O2. The van der Waals surface area contributed by atoms with Crippen LogP contribution >= 0.6 is 11.6 Å². The van der Waals surface area contributed by atoms with Crippen molar-refractivity contribution in [1.29, 1.82) is 5.26 Å². The molecule has 0 amide bonds. The minimum absolute atomic E-state index is 0.103. The summed E-state index contributed by atoms with van der Waals surface area (Å²) in [5.41, 5.74) is 1.32. The van der Waals surface area contributed by atoms with E-state index < -0.39 is 0 Å². The zero-order chi connectivity index (χ0) is 15.4. The minimum atomic E-state index is 0.103. The zero-order valence-corrected chi connectivity index (χ0v) is 12.1. The van der Waals surface area contributed by atoms with Gasteiger partial charge in [-0.3, -0.25) is 0 Å². The van der Waals surface area contributed by atoms with Crippen LogP contribution in [0.25, 0.3) is 11.5 Å². The maximum Gasteiger partial charge on any atom is 0.254 e. The van der Waals surface area contributed by atoms with Crippen molar-refractivity contribution in [2.75, 3.05) is 0 Å². The van der Waals surface area contributed by atoms with Gasteiger partial charge >= 0.3 is 0 Å². The third-order valence-corrected chi connectivity index (χ3v) is 3.20. The molecular weight excluding hydrogens is 302 g/mol. The quantitative estimate of drug-likeness (QED) is 0.732. The summed E-state index contributed by atoms with van der Waals surface area (Å²) >= 11 is 6.03. The van der Waals surface area contributed by atoms with E-state index in [1.165, 1.54) is 0 Å². The number of nitrogens with zero attached hydrogens (tertiary/aromatic N) is 3. The zero-order valence-electron chi connectivity index (χ0n) is 11.4. The molecule has 22 heavy (non-hydrogen) atoms. The Bertz CT molecular complexity index is 825. The van der Waals surface area contributed by atoms with Crippen LogP contribution < -0.4 is 4.74 Å². The summed E-state index contributed by atoms with van der Waals surface area (Å²) in [5.74, 6) is 1.24. The molecule has 0 atom stereocenters. The van der Waals surface area contributed by atoms with Gasteiger partial charge in [0.15, 0.2) is 6.61 Å². The standard InChI is InChI=1S/C16H10ClN3O2/c17-13-8-11(9-18)6-7-14(13)21-10-15-19-20-16(22-15)12-4-2-1-3-5-12/h1-8H,10H2. The largest absolute Gasteiger partial charge is 0.482 e. The molecule has 0 spiro atoms. The Labute approximate surface area is 131 Å². The number of hydrogen-bond donors (Lipinski definition) is 0. The van der Waals surface area contributed by atoms with Gasteiger partial charge in [-0.2, -0.15) is 5.26 Å². The van der Waals surface area contributed by atoms with Crippen molar-refractivity contribution in [3.8, 4) is 23.3 Å². The van der Waals surface area contributed by atoms with Crippen molar-refractivity contribution >= 4 is 11.6 Å². The summed E-state index contributed by atoms with van der Waals surface area (Å²) in [6.45, 7) is 0.103. The van der Waals surface area contributed by atoms with Gasteiger partial charge in [0.1, 0.15) is 5.75 Å². The highest BCUT2D eigenvalue weighted by Gasteiger charge is 2.10. The van der Waals surface area contributed by atoms with Crippen LogP contribution in [-0.4, -0.2) is 10.2 Å². The predicted molar refractivity (Wildman–Crippen MR) is 80.2 cm³/mol. The van der Waals surface area contributed by atoms with E-state index in [1.54, 1.807) is 18.2 Å². The van der Waals surface area contributed by atoms with E-state index in [0.717, 1.165) is 5.56 Å². The number of hydrogen-bond acceptors (Lipinski definition) is 5. The molecule has 0 aliphatic rings. The summed E-state index contributed by atoms with van der Waals surface area (Å²) in [7, 11) is 0. The second kappa shape index (κ2) is 6.29. The minimum Gasteiger partial charge on any atom is -0.482 e. The maximum atomic E-state index is 8.79. The molecule has 0 radical (unpaired) electrons. The number of nitriles is 1. The van der Waals surface area contributed by atoms with Crippen molar-refractivity contribution < 1.29 is 9.15 Å².